The molecule has 2 heteroatoms. The fraction of sp³-hybridized carbons (Fsp3) is 0.294. The second kappa shape index (κ2) is 5.48. The topological polar surface area (TPSA) is 26.0 Å². The third-order valence-electron chi connectivity index (χ3n) is 3.65. The Morgan fingerprint density at radius 1 is 1.00 bits per heavy atom. The molecule has 19 heavy (non-hydrogen) atoms. The molecule has 100 valence electrons. The first-order valence-corrected chi connectivity index (χ1v) is 7.29. The van der Waals surface area contributed by atoms with Gasteiger partial charge in [0.2, 0.25) is 0 Å². The standard InChI is InChI=1S/C17H20BrN/c1-12-4-5-14(10-13(12)2)11-17(3,19)15-6-8-16(18)9-7-15/h4-10H,11,19H2,1-3H3. The SMILES string of the molecule is Cc1ccc(CC(C)(N)c2ccc(Br)cc2)cc1C. The Bertz CT molecular complexity index is 570. The highest BCUT2D eigenvalue weighted by Crippen LogP contribution is 2.25. The van der Waals surface area contributed by atoms with Crippen LogP contribution in [0.5, 0.6) is 0 Å². The molecule has 0 aliphatic rings. The van der Waals surface area contributed by atoms with Gasteiger partial charge >= 0.3 is 0 Å². The van der Waals surface area contributed by atoms with Gasteiger partial charge in [0.25, 0.3) is 0 Å². The van der Waals surface area contributed by atoms with Crippen LogP contribution in [0.1, 0.15) is 29.2 Å². The van der Waals surface area contributed by atoms with E-state index in [0.29, 0.717) is 0 Å². The van der Waals surface area contributed by atoms with E-state index in [2.05, 4.69) is 67.0 Å². The van der Waals surface area contributed by atoms with Crippen LogP contribution in [0.3, 0.4) is 0 Å². The zero-order valence-electron chi connectivity index (χ0n) is 11.7. The molecule has 1 nitrogen and oxygen atoms in total. The summed E-state index contributed by atoms with van der Waals surface area (Å²) in [4.78, 5) is 0. The van der Waals surface area contributed by atoms with Gasteiger partial charge in [0.1, 0.15) is 0 Å². The molecule has 0 fully saturated rings. The van der Waals surface area contributed by atoms with E-state index in [1.54, 1.807) is 0 Å². The van der Waals surface area contributed by atoms with Gasteiger partial charge in [0.15, 0.2) is 0 Å². The zero-order valence-corrected chi connectivity index (χ0v) is 13.3. The monoisotopic (exact) mass is 317 g/mol. The lowest BCUT2D eigenvalue weighted by Crippen LogP contribution is -2.35. The number of hydrogen-bond acceptors (Lipinski definition) is 1. The molecule has 0 aliphatic carbocycles. The normalized spacial score (nSPS) is 14.2. The zero-order chi connectivity index (χ0) is 14.0. The molecule has 0 aromatic heterocycles. The third-order valence-corrected chi connectivity index (χ3v) is 4.18. The van der Waals surface area contributed by atoms with Crippen molar-refractivity contribution in [3.05, 3.63) is 69.2 Å². The maximum atomic E-state index is 6.49. The van der Waals surface area contributed by atoms with Crippen molar-refractivity contribution in [1.29, 1.82) is 0 Å². The fourth-order valence-electron chi connectivity index (χ4n) is 2.27. The minimum atomic E-state index is -0.345. The number of aryl methyl sites for hydroxylation is 2. The molecule has 0 aliphatic heterocycles. The van der Waals surface area contributed by atoms with E-state index in [0.717, 1.165) is 16.5 Å². The molecule has 2 aromatic carbocycles. The van der Waals surface area contributed by atoms with E-state index in [-0.39, 0.29) is 5.54 Å². The van der Waals surface area contributed by atoms with E-state index < -0.39 is 0 Å². The molecule has 0 saturated heterocycles. The van der Waals surface area contributed by atoms with Crippen LogP contribution in [0.25, 0.3) is 0 Å². The molecule has 1 unspecified atom stereocenters. The molecule has 0 bridgehead atoms. The summed E-state index contributed by atoms with van der Waals surface area (Å²) >= 11 is 3.46. The Balaban J connectivity index is 2.25. The predicted molar refractivity (Wildman–Crippen MR) is 85.3 cm³/mol. The van der Waals surface area contributed by atoms with E-state index in [1.807, 2.05) is 12.1 Å². The summed E-state index contributed by atoms with van der Waals surface area (Å²) in [5, 5.41) is 0. The van der Waals surface area contributed by atoms with E-state index >= 15 is 0 Å². The highest BCUT2D eigenvalue weighted by atomic mass is 79.9. The molecule has 2 aromatic rings. The van der Waals surface area contributed by atoms with Crippen molar-refractivity contribution >= 4 is 15.9 Å². The molecule has 2 rings (SSSR count). The summed E-state index contributed by atoms with van der Waals surface area (Å²) in [5.74, 6) is 0. The van der Waals surface area contributed by atoms with Gasteiger partial charge in [-0.15, -0.1) is 0 Å². The first-order valence-electron chi connectivity index (χ1n) is 6.49. The number of benzene rings is 2. The van der Waals surface area contributed by atoms with Crippen molar-refractivity contribution in [2.24, 2.45) is 5.73 Å². The Morgan fingerprint density at radius 3 is 2.21 bits per heavy atom. The molecule has 0 saturated carbocycles. The second-order valence-electron chi connectivity index (χ2n) is 5.52. The maximum Gasteiger partial charge on any atom is 0.0421 e. The molecule has 0 amide bonds. The lowest BCUT2D eigenvalue weighted by molar-refractivity contribution is 0.491. The van der Waals surface area contributed by atoms with Crippen molar-refractivity contribution < 1.29 is 0 Å². The van der Waals surface area contributed by atoms with Gasteiger partial charge in [-0.05, 0) is 61.6 Å². The molecule has 1 atom stereocenters. The average Bonchev–Trinajstić information content (AvgIpc) is 2.34. The summed E-state index contributed by atoms with van der Waals surface area (Å²) in [6, 6.07) is 14.8. The summed E-state index contributed by atoms with van der Waals surface area (Å²) in [6.07, 6.45) is 0.843. The minimum Gasteiger partial charge on any atom is -0.321 e. The molecule has 0 spiro atoms. The van der Waals surface area contributed by atoms with Crippen LogP contribution < -0.4 is 5.73 Å². The van der Waals surface area contributed by atoms with Gasteiger partial charge in [-0.1, -0.05) is 46.3 Å². The van der Waals surface area contributed by atoms with Crippen molar-refractivity contribution in [2.75, 3.05) is 0 Å². The van der Waals surface area contributed by atoms with Crippen LogP contribution in [0.15, 0.2) is 46.9 Å². The van der Waals surface area contributed by atoms with E-state index in [9.17, 15) is 0 Å². The first kappa shape index (κ1) is 14.3. The maximum absolute atomic E-state index is 6.49. The number of hydrogen-bond donors (Lipinski definition) is 1. The highest BCUT2D eigenvalue weighted by Gasteiger charge is 2.21. The predicted octanol–water partition coefficient (Wildman–Crippen LogP) is 4.48. The van der Waals surface area contributed by atoms with Crippen LogP contribution in [-0.4, -0.2) is 0 Å². The highest BCUT2D eigenvalue weighted by molar-refractivity contribution is 9.10. The average molecular weight is 318 g/mol. The number of nitrogens with two attached hydrogens (primary N) is 1. The van der Waals surface area contributed by atoms with Crippen LogP contribution in [0, 0.1) is 13.8 Å². The molecule has 2 N–H and O–H groups in total. The van der Waals surface area contributed by atoms with E-state index in [1.165, 1.54) is 16.7 Å². The lowest BCUT2D eigenvalue weighted by Gasteiger charge is -2.26. The summed E-state index contributed by atoms with van der Waals surface area (Å²) < 4.78 is 1.08. The van der Waals surface area contributed by atoms with Gasteiger partial charge in [-0.2, -0.15) is 0 Å². The lowest BCUT2D eigenvalue weighted by atomic mass is 9.86. The van der Waals surface area contributed by atoms with E-state index in [4.69, 9.17) is 5.73 Å². The minimum absolute atomic E-state index is 0.345. The van der Waals surface area contributed by atoms with Gasteiger partial charge in [-0.25, -0.2) is 0 Å². The molecule has 0 heterocycles. The van der Waals surface area contributed by atoms with Crippen molar-refractivity contribution in [3.8, 4) is 0 Å². The Hall–Kier alpha value is -1.12. The Kier molecular flexibility index (Phi) is 4.12. The fourth-order valence-corrected chi connectivity index (χ4v) is 2.53. The first-order chi connectivity index (χ1) is 8.88. The largest absolute Gasteiger partial charge is 0.321 e. The van der Waals surface area contributed by atoms with Gasteiger partial charge in [0, 0.05) is 10.0 Å². The third kappa shape index (κ3) is 3.46. The van der Waals surface area contributed by atoms with Crippen LogP contribution in [-0.2, 0) is 12.0 Å². The summed E-state index contributed by atoms with van der Waals surface area (Å²) in [5.41, 5.74) is 11.2. The van der Waals surface area contributed by atoms with Crippen molar-refractivity contribution in [2.45, 2.75) is 32.7 Å². The van der Waals surface area contributed by atoms with Gasteiger partial charge < -0.3 is 5.73 Å². The van der Waals surface area contributed by atoms with Gasteiger partial charge in [0.05, 0.1) is 0 Å². The van der Waals surface area contributed by atoms with Gasteiger partial charge in [-0.3, -0.25) is 0 Å². The Morgan fingerprint density at radius 2 is 1.63 bits per heavy atom. The van der Waals surface area contributed by atoms with Crippen LogP contribution in [0.4, 0.5) is 0 Å². The second-order valence-corrected chi connectivity index (χ2v) is 6.44. The number of rotatable bonds is 3. The van der Waals surface area contributed by atoms with Crippen molar-refractivity contribution in [3.63, 3.8) is 0 Å². The molecular formula is C17H20BrN. The quantitative estimate of drug-likeness (QED) is 0.887. The van der Waals surface area contributed by atoms with Crippen molar-refractivity contribution in [1.82, 2.24) is 0 Å². The number of halogens is 1. The Labute approximate surface area is 124 Å². The summed E-state index contributed by atoms with van der Waals surface area (Å²) in [6.45, 7) is 6.37. The molecular weight excluding hydrogens is 298 g/mol. The smallest absolute Gasteiger partial charge is 0.0421 e. The summed E-state index contributed by atoms with van der Waals surface area (Å²) in [7, 11) is 0. The van der Waals surface area contributed by atoms with Crippen LogP contribution in [0.2, 0.25) is 0 Å². The van der Waals surface area contributed by atoms with Crippen LogP contribution >= 0.6 is 15.9 Å². The molecule has 0 radical (unpaired) electrons.